The summed E-state index contributed by atoms with van der Waals surface area (Å²) in [7, 11) is 1.40. The van der Waals surface area contributed by atoms with Gasteiger partial charge in [0.25, 0.3) is 11.6 Å². The van der Waals surface area contributed by atoms with Crippen molar-refractivity contribution in [1.29, 1.82) is 0 Å². The summed E-state index contributed by atoms with van der Waals surface area (Å²) in [5, 5.41) is 23.3. The van der Waals surface area contributed by atoms with Crippen molar-refractivity contribution in [3.05, 3.63) is 56.1 Å². The zero-order valence-electron chi connectivity index (χ0n) is 11.7. The maximum atomic E-state index is 12.2. The number of benzene rings is 2. The fraction of sp³-hybridized carbons (Fsp3) is 0.0714. The van der Waals surface area contributed by atoms with Gasteiger partial charge in [0.1, 0.15) is 5.75 Å². The minimum Gasteiger partial charge on any atom is -0.507 e. The molecule has 1 amide bonds. The highest BCUT2D eigenvalue weighted by atomic mass is 35.5. The standard InChI is InChI=1S/C14H10Cl2N2O5/c1-23-13-10(15)4-7(5-11(13)16)17-14(20)9-6-8(18(21)22)2-3-12(9)19/h2-6,19H,1H3,(H,17,20). The zero-order chi connectivity index (χ0) is 17.1. The van der Waals surface area contributed by atoms with Crippen LogP contribution in [0.25, 0.3) is 0 Å². The molecule has 0 atom stereocenters. The lowest BCUT2D eigenvalue weighted by Crippen LogP contribution is -2.12. The second-order valence-corrected chi connectivity index (χ2v) is 5.20. The van der Waals surface area contributed by atoms with Crippen LogP contribution in [0.2, 0.25) is 10.0 Å². The van der Waals surface area contributed by atoms with E-state index in [1.54, 1.807) is 0 Å². The van der Waals surface area contributed by atoms with Gasteiger partial charge in [0, 0.05) is 17.8 Å². The van der Waals surface area contributed by atoms with Crippen molar-refractivity contribution in [3.63, 3.8) is 0 Å². The number of nitrogens with one attached hydrogen (secondary N) is 1. The molecular weight excluding hydrogens is 347 g/mol. The number of anilines is 1. The van der Waals surface area contributed by atoms with E-state index in [4.69, 9.17) is 27.9 Å². The Morgan fingerprint density at radius 2 is 1.87 bits per heavy atom. The molecule has 2 aromatic carbocycles. The predicted molar refractivity (Wildman–Crippen MR) is 85.7 cm³/mol. The lowest BCUT2D eigenvalue weighted by molar-refractivity contribution is -0.384. The third-order valence-corrected chi connectivity index (χ3v) is 3.46. The quantitative estimate of drug-likeness (QED) is 0.639. The summed E-state index contributed by atoms with van der Waals surface area (Å²) in [5.41, 5.74) is -0.322. The zero-order valence-corrected chi connectivity index (χ0v) is 13.2. The first-order valence-electron chi connectivity index (χ1n) is 6.15. The largest absolute Gasteiger partial charge is 0.507 e. The number of aromatic hydroxyl groups is 1. The number of carbonyl (C=O) groups is 1. The first kappa shape index (κ1) is 16.9. The van der Waals surface area contributed by atoms with Gasteiger partial charge in [-0.15, -0.1) is 0 Å². The maximum Gasteiger partial charge on any atom is 0.270 e. The van der Waals surface area contributed by atoms with Gasteiger partial charge in [0.2, 0.25) is 0 Å². The average molecular weight is 357 g/mol. The molecule has 2 N–H and O–H groups in total. The molecule has 7 nitrogen and oxygen atoms in total. The summed E-state index contributed by atoms with van der Waals surface area (Å²) >= 11 is 11.9. The lowest BCUT2D eigenvalue weighted by Gasteiger charge is -2.10. The molecule has 0 aromatic heterocycles. The Hall–Kier alpha value is -2.51. The Bertz CT molecular complexity index is 772. The minimum absolute atomic E-state index is 0.179. The number of hydrogen-bond donors (Lipinski definition) is 2. The minimum atomic E-state index is -0.747. The van der Waals surface area contributed by atoms with Crippen LogP contribution in [0.1, 0.15) is 10.4 Å². The molecule has 0 radical (unpaired) electrons. The number of nitro groups is 1. The summed E-state index contributed by atoms with van der Waals surface area (Å²) in [4.78, 5) is 22.3. The molecule has 0 aliphatic rings. The predicted octanol–water partition coefficient (Wildman–Crippen LogP) is 3.87. The third kappa shape index (κ3) is 3.64. The molecule has 9 heteroatoms. The van der Waals surface area contributed by atoms with Crippen molar-refractivity contribution in [2.45, 2.75) is 0 Å². The Kier molecular flexibility index (Phi) is 4.92. The van der Waals surface area contributed by atoms with Gasteiger partial charge >= 0.3 is 0 Å². The van der Waals surface area contributed by atoms with Gasteiger partial charge in [-0.25, -0.2) is 0 Å². The van der Waals surface area contributed by atoms with Gasteiger partial charge in [0.15, 0.2) is 5.75 Å². The number of phenols is 1. The van der Waals surface area contributed by atoms with Crippen molar-refractivity contribution >= 4 is 40.5 Å². The van der Waals surface area contributed by atoms with E-state index in [-0.39, 0.29) is 38.5 Å². The molecule has 0 heterocycles. The van der Waals surface area contributed by atoms with Gasteiger partial charge in [0.05, 0.1) is 27.6 Å². The monoisotopic (exact) mass is 356 g/mol. The van der Waals surface area contributed by atoms with E-state index in [1.807, 2.05) is 0 Å². The van der Waals surface area contributed by atoms with Gasteiger partial charge in [-0.1, -0.05) is 23.2 Å². The van der Waals surface area contributed by atoms with Crippen LogP contribution in [0.4, 0.5) is 11.4 Å². The lowest BCUT2D eigenvalue weighted by atomic mass is 10.1. The van der Waals surface area contributed by atoms with Crippen molar-refractivity contribution in [1.82, 2.24) is 0 Å². The van der Waals surface area contributed by atoms with E-state index in [2.05, 4.69) is 5.32 Å². The van der Waals surface area contributed by atoms with Crippen molar-refractivity contribution in [2.24, 2.45) is 0 Å². The summed E-state index contributed by atoms with van der Waals surface area (Å²) < 4.78 is 4.99. The molecule has 0 aliphatic carbocycles. The van der Waals surface area contributed by atoms with Crippen molar-refractivity contribution in [2.75, 3.05) is 12.4 Å². The number of non-ortho nitro benzene ring substituents is 1. The van der Waals surface area contributed by atoms with Crippen LogP contribution in [0.5, 0.6) is 11.5 Å². The molecule has 0 unspecified atom stereocenters. The van der Waals surface area contributed by atoms with Crippen LogP contribution in [-0.4, -0.2) is 23.0 Å². The summed E-state index contributed by atoms with van der Waals surface area (Å²) in [6.07, 6.45) is 0. The van der Waals surface area contributed by atoms with E-state index >= 15 is 0 Å². The Morgan fingerprint density at radius 1 is 1.26 bits per heavy atom. The maximum absolute atomic E-state index is 12.2. The molecule has 0 saturated carbocycles. The molecule has 0 aliphatic heterocycles. The highest BCUT2D eigenvalue weighted by molar-refractivity contribution is 6.37. The topological polar surface area (TPSA) is 102 Å². The van der Waals surface area contributed by atoms with Crippen molar-refractivity contribution < 1.29 is 19.6 Å². The van der Waals surface area contributed by atoms with Crippen molar-refractivity contribution in [3.8, 4) is 11.5 Å². The number of rotatable bonds is 4. The van der Waals surface area contributed by atoms with Crippen LogP contribution < -0.4 is 10.1 Å². The van der Waals surface area contributed by atoms with Crippen LogP contribution >= 0.6 is 23.2 Å². The Labute approximate surface area is 140 Å². The number of halogens is 2. The summed E-state index contributed by atoms with van der Waals surface area (Å²) in [5.74, 6) is -0.883. The van der Waals surface area contributed by atoms with E-state index in [0.717, 1.165) is 18.2 Å². The van der Waals surface area contributed by atoms with Crippen LogP contribution in [-0.2, 0) is 0 Å². The highest BCUT2D eigenvalue weighted by Crippen LogP contribution is 2.36. The first-order chi connectivity index (χ1) is 10.8. The van der Waals surface area contributed by atoms with E-state index in [0.29, 0.717) is 0 Å². The SMILES string of the molecule is COc1c(Cl)cc(NC(=O)c2cc([N+](=O)[O-])ccc2O)cc1Cl. The normalized spacial score (nSPS) is 10.2. The van der Waals surface area contributed by atoms with Crippen LogP contribution in [0.15, 0.2) is 30.3 Å². The molecule has 23 heavy (non-hydrogen) atoms. The number of methoxy groups -OCH3 is 1. The number of phenolic OH excluding ortho intramolecular Hbond substituents is 1. The second kappa shape index (κ2) is 6.72. The van der Waals surface area contributed by atoms with E-state index in [1.165, 1.54) is 19.2 Å². The number of amides is 1. The number of hydrogen-bond acceptors (Lipinski definition) is 5. The molecule has 120 valence electrons. The van der Waals surface area contributed by atoms with Gasteiger partial charge in [-0.2, -0.15) is 0 Å². The second-order valence-electron chi connectivity index (χ2n) is 4.39. The molecular formula is C14H10Cl2N2O5. The molecule has 0 spiro atoms. The van der Waals surface area contributed by atoms with E-state index in [9.17, 15) is 20.0 Å². The van der Waals surface area contributed by atoms with Gasteiger partial charge in [-0.05, 0) is 18.2 Å². The fourth-order valence-corrected chi connectivity index (χ4v) is 2.49. The number of carbonyl (C=O) groups excluding carboxylic acids is 1. The van der Waals surface area contributed by atoms with Crippen LogP contribution in [0, 0.1) is 10.1 Å². The number of ether oxygens (including phenoxy) is 1. The Morgan fingerprint density at radius 3 is 2.39 bits per heavy atom. The highest BCUT2D eigenvalue weighted by Gasteiger charge is 2.18. The average Bonchev–Trinajstić information content (AvgIpc) is 2.47. The molecule has 2 aromatic rings. The smallest absolute Gasteiger partial charge is 0.270 e. The summed E-state index contributed by atoms with van der Waals surface area (Å²) in [6.45, 7) is 0. The fourth-order valence-electron chi connectivity index (χ4n) is 1.84. The molecule has 0 saturated heterocycles. The molecule has 0 fully saturated rings. The number of nitrogens with zero attached hydrogens (tertiary/aromatic N) is 1. The molecule has 2 rings (SSSR count). The summed E-state index contributed by atoms with van der Waals surface area (Å²) in [6, 6.07) is 5.93. The molecule has 0 bridgehead atoms. The van der Waals surface area contributed by atoms with E-state index < -0.39 is 10.8 Å². The first-order valence-corrected chi connectivity index (χ1v) is 6.91. The number of nitro benzene ring substituents is 1. The third-order valence-electron chi connectivity index (χ3n) is 2.90. The van der Waals surface area contributed by atoms with Gasteiger partial charge in [-0.3, -0.25) is 14.9 Å². The Balaban J connectivity index is 2.33. The van der Waals surface area contributed by atoms with Gasteiger partial charge < -0.3 is 15.2 Å². The van der Waals surface area contributed by atoms with Crippen LogP contribution in [0.3, 0.4) is 0 Å².